The van der Waals surface area contributed by atoms with E-state index in [4.69, 9.17) is 4.74 Å². The van der Waals surface area contributed by atoms with Gasteiger partial charge < -0.3 is 4.74 Å². The largest absolute Gasteiger partial charge is 0.465 e. The van der Waals surface area contributed by atoms with Crippen molar-refractivity contribution in [1.82, 2.24) is 4.90 Å². The molecule has 3 heteroatoms. The van der Waals surface area contributed by atoms with Gasteiger partial charge in [0.1, 0.15) is 0 Å². The Morgan fingerprint density at radius 2 is 1.44 bits per heavy atom. The molecule has 0 atom stereocenters. The van der Waals surface area contributed by atoms with E-state index in [2.05, 4.69) is 77.7 Å². The van der Waals surface area contributed by atoms with Crippen molar-refractivity contribution in [3.05, 3.63) is 118 Å². The van der Waals surface area contributed by atoms with Crippen molar-refractivity contribution in [3.63, 3.8) is 0 Å². The molecule has 1 aliphatic carbocycles. The lowest BCUT2D eigenvalue weighted by Crippen LogP contribution is -2.31. The Hall–Kier alpha value is -3.69. The van der Waals surface area contributed by atoms with Crippen LogP contribution in [-0.4, -0.2) is 37.6 Å². The first-order valence-electron chi connectivity index (χ1n) is 11.9. The molecule has 1 aliphatic heterocycles. The van der Waals surface area contributed by atoms with Gasteiger partial charge in [0.15, 0.2) is 0 Å². The van der Waals surface area contributed by atoms with Gasteiger partial charge in [-0.05, 0) is 58.4 Å². The fourth-order valence-corrected chi connectivity index (χ4v) is 4.89. The Labute approximate surface area is 201 Å². The molecule has 3 nitrogen and oxygen atoms in total. The summed E-state index contributed by atoms with van der Waals surface area (Å²) in [4.78, 5) is 14.1. The Bertz CT molecular complexity index is 1220. The minimum absolute atomic E-state index is 0.302. The van der Waals surface area contributed by atoms with E-state index in [1.807, 2.05) is 24.3 Å². The number of esters is 1. The maximum absolute atomic E-state index is 11.6. The maximum Gasteiger partial charge on any atom is 0.337 e. The van der Waals surface area contributed by atoms with Crippen molar-refractivity contribution in [2.24, 2.45) is 0 Å². The summed E-state index contributed by atoms with van der Waals surface area (Å²) in [5.74, 6) is -0.302. The van der Waals surface area contributed by atoms with Crippen LogP contribution >= 0.6 is 0 Å². The molecule has 170 valence electrons. The Morgan fingerprint density at radius 1 is 0.853 bits per heavy atom. The zero-order valence-electron chi connectivity index (χ0n) is 19.5. The molecule has 34 heavy (non-hydrogen) atoms. The van der Waals surface area contributed by atoms with Gasteiger partial charge in [-0.3, -0.25) is 4.90 Å². The van der Waals surface area contributed by atoms with Gasteiger partial charge in [0.2, 0.25) is 0 Å². The zero-order chi connectivity index (χ0) is 23.3. The van der Waals surface area contributed by atoms with Crippen LogP contribution in [0.5, 0.6) is 0 Å². The summed E-state index contributed by atoms with van der Waals surface area (Å²) in [6.07, 6.45) is 11.0. The lowest BCUT2D eigenvalue weighted by Gasteiger charge is -2.29. The molecule has 0 spiro atoms. The van der Waals surface area contributed by atoms with Crippen molar-refractivity contribution in [3.8, 4) is 0 Å². The fourth-order valence-electron chi connectivity index (χ4n) is 4.89. The highest BCUT2D eigenvalue weighted by Gasteiger charge is 2.22. The second-order valence-corrected chi connectivity index (χ2v) is 8.80. The normalized spacial score (nSPS) is 15.7. The number of rotatable bonds is 4. The molecule has 3 aromatic rings. The molecular weight excluding hydrogens is 418 g/mol. The van der Waals surface area contributed by atoms with Crippen LogP contribution in [0.25, 0.3) is 23.8 Å². The molecule has 0 amide bonds. The van der Waals surface area contributed by atoms with E-state index in [1.54, 1.807) is 5.57 Å². The van der Waals surface area contributed by atoms with Crippen molar-refractivity contribution in [2.45, 2.75) is 12.8 Å². The van der Waals surface area contributed by atoms with Gasteiger partial charge in [0.25, 0.3) is 0 Å². The Balaban J connectivity index is 1.30. The van der Waals surface area contributed by atoms with Crippen LogP contribution < -0.4 is 0 Å². The van der Waals surface area contributed by atoms with Crippen molar-refractivity contribution in [2.75, 3.05) is 26.7 Å². The van der Waals surface area contributed by atoms with Crippen LogP contribution in [-0.2, 0) is 4.74 Å². The average molecular weight is 448 g/mol. The van der Waals surface area contributed by atoms with E-state index in [9.17, 15) is 4.79 Å². The second kappa shape index (κ2) is 10.1. The van der Waals surface area contributed by atoms with Gasteiger partial charge in [-0.25, -0.2) is 4.79 Å². The third-order valence-electron chi connectivity index (χ3n) is 6.72. The molecule has 1 fully saturated rings. The summed E-state index contributed by atoms with van der Waals surface area (Å²) in [5, 5.41) is 0. The van der Waals surface area contributed by atoms with E-state index in [0.717, 1.165) is 38.0 Å². The van der Waals surface area contributed by atoms with Gasteiger partial charge >= 0.3 is 5.97 Å². The Morgan fingerprint density at radius 3 is 2.03 bits per heavy atom. The molecular formula is C31H29NO2. The zero-order valence-corrected chi connectivity index (χ0v) is 19.5. The second-order valence-electron chi connectivity index (χ2n) is 8.80. The first kappa shape index (κ1) is 22.1. The highest BCUT2D eigenvalue weighted by molar-refractivity contribution is 5.95. The van der Waals surface area contributed by atoms with Crippen molar-refractivity contribution in [1.29, 1.82) is 0 Å². The number of methoxy groups -OCH3 is 1. The molecule has 0 bridgehead atoms. The minimum atomic E-state index is -0.302. The van der Waals surface area contributed by atoms with E-state index >= 15 is 0 Å². The molecule has 3 aromatic carbocycles. The van der Waals surface area contributed by atoms with E-state index in [1.165, 1.54) is 34.9 Å². The number of nitrogens with zero attached hydrogens (tertiary/aromatic N) is 1. The number of carbonyl (C=O) groups is 1. The molecule has 1 heterocycles. The summed E-state index contributed by atoms with van der Waals surface area (Å²) in [5.41, 5.74) is 9.94. The first-order valence-corrected chi connectivity index (χ1v) is 11.9. The van der Waals surface area contributed by atoms with Crippen LogP contribution in [0.15, 0.2) is 84.4 Å². The summed E-state index contributed by atoms with van der Waals surface area (Å²) in [6.45, 7) is 3.04. The maximum atomic E-state index is 11.6. The predicted octanol–water partition coefficient (Wildman–Crippen LogP) is 6.57. The minimum Gasteiger partial charge on any atom is -0.465 e. The third kappa shape index (κ3) is 4.66. The number of hydrogen-bond acceptors (Lipinski definition) is 3. The molecule has 0 saturated carbocycles. The summed E-state index contributed by atoms with van der Waals surface area (Å²) in [7, 11) is 1.40. The van der Waals surface area contributed by atoms with Crippen LogP contribution in [0.2, 0.25) is 0 Å². The molecule has 2 aliphatic rings. The van der Waals surface area contributed by atoms with E-state index in [-0.39, 0.29) is 5.97 Å². The highest BCUT2D eigenvalue weighted by Crippen LogP contribution is 2.38. The number of fused-ring (bicyclic) bond motifs is 2. The molecule has 5 rings (SSSR count). The standard InChI is InChI=1S/C31H29NO2/c1-34-31(33)27-14-12-23(13-15-27)7-6-20-32-21-18-26(19-22-32)30-28-10-4-2-8-24(28)16-17-25-9-3-5-11-29(25)30/h2-17H,18-22H2,1H3. The van der Waals surface area contributed by atoms with Gasteiger partial charge in [0.05, 0.1) is 12.7 Å². The molecule has 0 aromatic heterocycles. The predicted molar refractivity (Wildman–Crippen MR) is 140 cm³/mol. The van der Waals surface area contributed by atoms with Crippen LogP contribution in [0.4, 0.5) is 0 Å². The molecule has 0 unspecified atom stereocenters. The number of carbonyl (C=O) groups excluding carboxylic acids is 1. The number of hydrogen-bond donors (Lipinski definition) is 0. The van der Waals surface area contributed by atoms with Crippen LogP contribution in [0.1, 0.15) is 51.0 Å². The van der Waals surface area contributed by atoms with Gasteiger partial charge in [-0.1, -0.05) is 90.5 Å². The summed E-state index contributed by atoms with van der Waals surface area (Å²) < 4.78 is 4.76. The van der Waals surface area contributed by atoms with Gasteiger partial charge in [0, 0.05) is 19.6 Å². The van der Waals surface area contributed by atoms with Gasteiger partial charge in [-0.15, -0.1) is 0 Å². The smallest absolute Gasteiger partial charge is 0.337 e. The fraction of sp³-hybridized carbons (Fsp3) is 0.194. The third-order valence-corrected chi connectivity index (χ3v) is 6.72. The Kier molecular flexibility index (Phi) is 6.55. The number of piperidine rings is 1. The number of benzene rings is 3. The average Bonchev–Trinajstić information content (AvgIpc) is 3.06. The summed E-state index contributed by atoms with van der Waals surface area (Å²) >= 11 is 0. The monoisotopic (exact) mass is 447 g/mol. The number of likely N-dealkylation sites (tertiary alicyclic amines) is 1. The van der Waals surface area contributed by atoms with Crippen molar-refractivity contribution < 1.29 is 9.53 Å². The molecule has 1 saturated heterocycles. The lowest BCUT2D eigenvalue weighted by atomic mass is 9.86. The van der Waals surface area contributed by atoms with E-state index in [0.29, 0.717) is 5.56 Å². The molecule has 0 radical (unpaired) electrons. The van der Waals surface area contributed by atoms with Crippen LogP contribution in [0, 0.1) is 0 Å². The van der Waals surface area contributed by atoms with Gasteiger partial charge in [-0.2, -0.15) is 0 Å². The van der Waals surface area contributed by atoms with Crippen LogP contribution in [0.3, 0.4) is 0 Å². The highest BCUT2D eigenvalue weighted by atomic mass is 16.5. The topological polar surface area (TPSA) is 29.5 Å². The first-order chi connectivity index (χ1) is 16.7. The number of ether oxygens (including phenoxy) is 1. The lowest BCUT2D eigenvalue weighted by molar-refractivity contribution is 0.0600. The summed E-state index contributed by atoms with van der Waals surface area (Å²) in [6, 6.07) is 25.1. The SMILES string of the molecule is COC(=O)c1ccc(C=CCN2CCC(=C3c4ccccc4C=Cc4ccccc43)CC2)cc1. The quantitative estimate of drug-likeness (QED) is 0.332. The van der Waals surface area contributed by atoms with Crippen molar-refractivity contribution >= 4 is 29.8 Å². The van der Waals surface area contributed by atoms with E-state index < -0.39 is 0 Å². The molecule has 0 N–H and O–H groups in total.